The lowest BCUT2D eigenvalue weighted by Crippen LogP contribution is -2.50. The smallest absolute Gasteiger partial charge is 0.410 e. The highest BCUT2D eigenvalue weighted by Gasteiger charge is 2.30. The Kier molecular flexibility index (Phi) is 8.94. The molecule has 0 radical (unpaired) electrons. The zero-order valence-electron chi connectivity index (χ0n) is 27.0. The van der Waals surface area contributed by atoms with E-state index in [1.165, 1.54) is 6.07 Å². The van der Waals surface area contributed by atoms with Gasteiger partial charge in [0.2, 0.25) is 5.91 Å². The van der Waals surface area contributed by atoms with Gasteiger partial charge in [-0.1, -0.05) is 12.1 Å². The number of carbonyl (C=O) groups excluding carboxylic acids is 2. The monoisotopic (exact) mass is 644 g/mol. The molecule has 0 bridgehead atoms. The molecule has 0 unspecified atom stereocenters. The number of nitrogens with one attached hydrogen (secondary N) is 1. The van der Waals surface area contributed by atoms with Crippen LogP contribution in [0.2, 0.25) is 0 Å². The third-order valence-electron chi connectivity index (χ3n) is 8.91. The molecule has 47 heavy (non-hydrogen) atoms. The fraction of sp³-hybridized carbons (Fsp3) is 0.429. The maximum atomic E-state index is 16.2. The summed E-state index contributed by atoms with van der Waals surface area (Å²) >= 11 is 0. The van der Waals surface area contributed by atoms with Crippen molar-refractivity contribution in [2.45, 2.75) is 58.1 Å². The Balaban J connectivity index is 1.23. The Bertz CT molecular complexity index is 1750. The number of aromatic amines is 1. The van der Waals surface area contributed by atoms with Gasteiger partial charge in [-0.15, -0.1) is 0 Å². The summed E-state index contributed by atoms with van der Waals surface area (Å²) in [5.41, 5.74) is 2.53. The second-order valence-corrected chi connectivity index (χ2v) is 13.3. The molecule has 12 heteroatoms. The third kappa shape index (κ3) is 7.11. The van der Waals surface area contributed by atoms with Crippen LogP contribution in [0.1, 0.15) is 62.0 Å². The minimum absolute atomic E-state index is 0.00228. The van der Waals surface area contributed by atoms with Crippen LogP contribution in [0.25, 0.3) is 22.0 Å². The lowest BCUT2D eigenvalue weighted by Gasteiger charge is -2.36. The summed E-state index contributed by atoms with van der Waals surface area (Å²) in [6, 6.07) is 13.1. The zero-order chi connectivity index (χ0) is 33.3. The Morgan fingerprint density at radius 3 is 2.45 bits per heavy atom. The number of carboxylic acids is 1. The molecular formula is C35H41FN6O5. The summed E-state index contributed by atoms with van der Waals surface area (Å²) in [5, 5.41) is 14.4. The van der Waals surface area contributed by atoms with Crippen molar-refractivity contribution in [3.63, 3.8) is 0 Å². The summed E-state index contributed by atoms with van der Waals surface area (Å²) in [6.07, 6.45) is 4.95. The molecule has 248 valence electrons. The number of piperazine rings is 1. The molecule has 0 aliphatic carbocycles. The molecule has 2 amide bonds. The molecule has 0 spiro atoms. The number of amides is 2. The Hall–Kier alpha value is -4.87. The summed E-state index contributed by atoms with van der Waals surface area (Å²) in [5.74, 6) is -1.88. The van der Waals surface area contributed by atoms with E-state index in [1.807, 2.05) is 63.4 Å². The number of H-pyrrole nitrogens is 1. The van der Waals surface area contributed by atoms with Crippen molar-refractivity contribution in [3.8, 4) is 11.1 Å². The van der Waals surface area contributed by atoms with Crippen LogP contribution >= 0.6 is 0 Å². The summed E-state index contributed by atoms with van der Waals surface area (Å²) in [7, 11) is 0. The van der Waals surface area contributed by atoms with Gasteiger partial charge < -0.3 is 29.5 Å². The highest BCUT2D eigenvalue weighted by Crippen LogP contribution is 2.39. The van der Waals surface area contributed by atoms with Crippen LogP contribution in [0.15, 0.2) is 54.9 Å². The molecule has 2 aliphatic heterocycles. The van der Waals surface area contributed by atoms with Gasteiger partial charge in [0.05, 0.1) is 5.52 Å². The molecular weight excluding hydrogens is 603 g/mol. The van der Waals surface area contributed by atoms with Crippen LogP contribution < -0.4 is 4.90 Å². The van der Waals surface area contributed by atoms with Crippen LogP contribution in [0.3, 0.4) is 0 Å². The number of hydrogen-bond acceptors (Lipinski definition) is 6. The summed E-state index contributed by atoms with van der Waals surface area (Å²) in [6.45, 7) is 9.45. The minimum Gasteiger partial charge on any atom is -0.477 e. The molecule has 4 heterocycles. The molecule has 0 saturated carbocycles. The normalized spacial score (nSPS) is 17.3. The van der Waals surface area contributed by atoms with E-state index in [1.54, 1.807) is 20.7 Å². The molecule has 11 nitrogen and oxygen atoms in total. The van der Waals surface area contributed by atoms with Crippen molar-refractivity contribution >= 4 is 34.6 Å². The Morgan fingerprint density at radius 2 is 1.79 bits per heavy atom. The quantitative estimate of drug-likeness (QED) is 0.264. The molecule has 4 aromatic rings. The van der Waals surface area contributed by atoms with E-state index in [-0.39, 0.29) is 29.1 Å². The number of nitrogens with zero attached hydrogens (tertiary/aromatic N) is 5. The number of aromatic carboxylic acids is 1. The van der Waals surface area contributed by atoms with Crippen LogP contribution in [-0.4, -0.2) is 92.5 Å². The van der Waals surface area contributed by atoms with E-state index < -0.39 is 17.4 Å². The van der Waals surface area contributed by atoms with Crippen molar-refractivity contribution in [2.75, 3.05) is 44.2 Å². The van der Waals surface area contributed by atoms with E-state index in [0.29, 0.717) is 69.6 Å². The highest BCUT2D eigenvalue weighted by atomic mass is 19.1. The number of ether oxygens (including phenoxy) is 1. The number of piperidine rings is 1. The largest absolute Gasteiger partial charge is 0.477 e. The number of aryl methyl sites for hydroxylation is 1. The van der Waals surface area contributed by atoms with Gasteiger partial charge in [0.15, 0.2) is 5.82 Å². The van der Waals surface area contributed by atoms with E-state index >= 15 is 4.39 Å². The van der Waals surface area contributed by atoms with E-state index in [4.69, 9.17) is 4.74 Å². The number of aromatic nitrogens is 3. The first kappa shape index (κ1) is 32.1. The fourth-order valence-electron chi connectivity index (χ4n) is 6.52. The molecule has 2 N–H and O–H groups in total. The number of carbonyl (C=O) groups is 3. The van der Waals surface area contributed by atoms with Gasteiger partial charge in [-0.05, 0) is 80.6 Å². The first-order valence-electron chi connectivity index (χ1n) is 16.1. The maximum Gasteiger partial charge on any atom is 0.410 e. The number of rotatable bonds is 7. The second-order valence-electron chi connectivity index (χ2n) is 13.3. The molecule has 2 aromatic heterocycles. The number of fused-ring (bicyclic) bond motifs is 1. The van der Waals surface area contributed by atoms with Gasteiger partial charge in [0.1, 0.15) is 11.3 Å². The summed E-state index contributed by atoms with van der Waals surface area (Å²) < 4.78 is 23.4. The highest BCUT2D eigenvalue weighted by molar-refractivity contribution is 6.01. The van der Waals surface area contributed by atoms with Gasteiger partial charge in [-0.2, -0.15) is 5.10 Å². The van der Waals surface area contributed by atoms with Crippen molar-refractivity contribution in [1.82, 2.24) is 24.6 Å². The molecule has 2 aromatic carbocycles. The lowest BCUT2D eigenvalue weighted by atomic mass is 9.87. The number of benzene rings is 2. The van der Waals surface area contributed by atoms with Gasteiger partial charge in [0.25, 0.3) is 0 Å². The van der Waals surface area contributed by atoms with Gasteiger partial charge in [0, 0.05) is 81.6 Å². The SMILES string of the molecule is CC(C)(C)OC(=O)N1CCN(c2ccc(-c3cc([C@H]4CCCN(C(=O)CCn5cccn5)C4)c(F)c4[nH]c(C(=O)O)cc34)cc2)CC1. The number of likely N-dealkylation sites (tertiary alicyclic amines) is 1. The van der Waals surface area contributed by atoms with Crippen LogP contribution in [0, 0.1) is 5.82 Å². The van der Waals surface area contributed by atoms with Crippen molar-refractivity contribution < 1.29 is 28.6 Å². The van der Waals surface area contributed by atoms with E-state index in [2.05, 4.69) is 15.0 Å². The van der Waals surface area contributed by atoms with Crippen molar-refractivity contribution in [1.29, 1.82) is 0 Å². The maximum absolute atomic E-state index is 16.2. The average molecular weight is 645 g/mol. The van der Waals surface area contributed by atoms with Crippen LogP contribution in [-0.2, 0) is 16.1 Å². The van der Waals surface area contributed by atoms with Crippen molar-refractivity contribution in [3.05, 3.63) is 71.9 Å². The standard InChI is InChI=1S/C35H41FN6O5/c1-35(2,3)47-34(46)40-18-16-39(17-19-40)25-9-7-23(8-10-25)26-20-27(31(36)32-28(26)21-29(38-32)33(44)45)24-6-4-13-41(22-24)30(43)11-15-42-14-5-12-37-42/h5,7-10,12,14,20-21,24,38H,4,6,11,13,15-19,22H2,1-3H3,(H,44,45)/t24-/m0/s1. The number of halogens is 1. The number of carboxylic acid groups (broad SMARTS) is 1. The van der Waals surface area contributed by atoms with Gasteiger partial charge in [-0.25, -0.2) is 14.0 Å². The summed E-state index contributed by atoms with van der Waals surface area (Å²) in [4.78, 5) is 46.0. The third-order valence-corrected chi connectivity index (χ3v) is 8.91. The first-order valence-corrected chi connectivity index (χ1v) is 16.1. The molecule has 1 atom stereocenters. The van der Waals surface area contributed by atoms with Gasteiger partial charge >= 0.3 is 12.1 Å². The topological polar surface area (TPSA) is 124 Å². The van der Waals surface area contributed by atoms with Crippen LogP contribution in [0.5, 0.6) is 0 Å². The van der Waals surface area contributed by atoms with Crippen molar-refractivity contribution in [2.24, 2.45) is 0 Å². The lowest BCUT2D eigenvalue weighted by molar-refractivity contribution is -0.132. The molecule has 2 aliphatic rings. The molecule has 6 rings (SSSR count). The number of anilines is 1. The average Bonchev–Trinajstić information content (AvgIpc) is 3.75. The van der Waals surface area contributed by atoms with Crippen LogP contribution in [0.4, 0.5) is 14.9 Å². The fourth-order valence-corrected chi connectivity index (χ4v) is 6.52. The predicted molar refractivity (Wildman–Crippen MR) is 176 cm³/mol. The Morgan fingerprint density at radius 1 is 1.04 bits per heavy atom. The zero-order valence-corrected chi connectivity index (χ0v) is 27.0. The minimum atomic E-state index is -1.17. The predicted octanol–water partition coefficient (Wildman–Crippen LogP) is 5.72. The Labute approximate surface area is 272 Å². The number of hydrogen-bond donors (Lipinski definition) is 2. The first-order chi connectivity index (χ1) is 22.5. The molecule has 2 fully saturated rings. The van der Waals surface area contributed by atoms with E-state index in [9.17, 15) is 19.5 Å². The van der Waals surface area contributed by atoms with Gasteiger partial charge in [-0.3, -0.25) is 9.48 Å². The second kappa shape index (κ2) is 13.1. The molecule has 2 saturated heterocycles. The van der Waals surface area contributed by atoms with E-state index in [0.717, 1.165) is 23.2 Å².